The highest BCUT2D eigenvalue weighted by molar-refractivity contribution is 6.99. The van der Waals surface area contributed by atoms with Crippen LogP contribution in [0, 0.1) is 0 Å². The van der Waals surface area contributed by atoms with E-state index in [0.29, 0.717) is 11.3 Å². The van der Waals surface area contributed by atoms with E-state index >= 15 is 0 Å². The molecular formula is C34H38O5Si. The zero-order chi connectivity index (χ0) is 28.6. The number of rotatable bonds is 11. The van der Waals surface area contributed by atoms with Crippen LogP contribution in [0.2, 0.25) is 5.04 Å². The fourth-order valence-electron chi connectivity index (χ4n) is 5.14. The second-order valence-corrected chi connectivity index (χ2v) is 15.3. The maximum absolute atomic E-state index is 10.9. The number of aliphatic hydroxyl groups is 2. The van der Waals surface area contributed by atoms with Gasteiger partial charge in [0, 0.05) is 18.4 Å². The quantitative estimate of drug-likeness (QED) is 0.152. The highest BCUT2D eigenvalue weighted by Crippen LogP contribution is 2.37. The second kappa shape index (κ2) is 13.1. The Labute approximate surface area is 237 Å². The van der Waals surface area contributed by atoms with Crippen molar-refractivity contribution in [3.63, 3.8) is 0 Å². The predicted octanol–water partition coefficient (Wildman–Crippen LogP) is 6.19. The smallest absolute Gasteiger partial charge is 0.261 e. The first-order chi connectivity index (χ1) is 19.2. The Balaban J connectivity index is 1.70. The Kier molecular flexibility index (Phi) is 9.64. The van der Waals surface area contributed by atoms with Gasteiger partial charge in [-0.25, -0.2) is 0 Å². The van der Waals surface area contributed by atoms with Crippen LogP contribution in [0.15, 0.2) is 125 Å². The molecule has 4 aromatic rings. The fourth-order valence-corrected chi connectivity index (χ4v) is 9.69. The summed E-state index contributed by atoms with van der Waals surface area (Å²) in [7, 11) is -2.81. The van der Waals surface area contributed by atoms with Crippen LogP contribution in [0.4, 0.5) is 0 Å². The minimum Gasteiger partial charge on any atom is -0.508 e. The van der Waals surface area contributed by atoms with Crippen molar-refractivity contribution in [3.05, 3.63) is 132 Å². The van der Waals surface area contributed by atoms with Crippen LogP contribution in [-0.2, 0) is 4.43 Å². The van der Waals surface area contributed by atoms with Crippen molar-refractivity contribution in [1.29, 1.82) is 0 Å². The monoisotopic (exact) mass is 554 g/mol. The van der Waals surface area contributed by atoms with Gasteiger partial charge in [0.05, 0.1) is 19.0 Å². The summed E-state index contributed by atoms with van der Waals surface area (Å²) in [5, 5.41) is 33.9. The van der Waals surface area contributed by atoms with E-state index in [1.807, 2.05) is 36.4 Å². The van der Waals surface area contributed by atoms with Crippen molar-refractivity contribution in [3.8, 4) is 5.75 Å². The molecule has 0 amide bonds. The van der Waals surface area contributed by atoms with Gasteiger partial charge < -0.3 is 24.2 Å². The zero-order valence-corrected chi connectivity index (χ0v) is 24.3. The molecule has 5 nitrogen and oxygen atoms in total. The summed E-state index contributed by atoms with van der Waals surface area (Å²) >= 11 is 0. The molecule has 0 aliphatic heterocycles. The summed E-state index contributed by atoms with van der Waals surface area (Å²) in [4.78, 5) is 0. The molecule has 0 aliphatic carbocycles. The third-order valence-electron chi connectivity index (χ3n) is 7.13. The predicted molar refractivity (Wildman–Crippen MR) is 161 cm³/mol. The molecule has 4 rings (SSSR count). The SMILES string of the molecule is CC(C)(C)[Si](OCC(=C=CC[C@@H](O)c1ccccc1O)C[C@@H](O)c1ccco1)(c1ccccc1)c1ccccc1. The molecule has 1 heterocycles. The molecule has 0 radical (unpaired) electrons. The molecule has 0 saturated carbocycles. The van der Waals surface area contributed by atoms with Crippen molar-refractivity contribution in [2.24, 2.45) is 0 Å². The first kappa shape index (κ1) is 29.3. The fraction of sp³-hybridized carbons (Fsp3) is 0.265. The maximum Gasteiger partial charge on any atom is 0.261 e. The van der Waals surface area contributed by atoms with Gasteiger partial charge in [-0.15, -0.1) is 5.73 Å². The lowest BCUT2D eigenvalue weighted by Crippen LogP contribution is -2.66. The van der Waals surface area contributed by atoms with Crippen molar-refractivity contribution >= 4 is 18.7 Å². The van der Waals surface area contributed by atoms with Gasteiger partial charge in [-0.05, 0) is 45.3 Å². The van der Waals surface area contributed by atoms with E-state index in [4.69, 9.17) is 8.84 Å². The second-order valence-electron chi connectivity index (χ2n) is 10.9. The highest BCUT2D eigenvalue weighted by Gasteiger charge is 2.50. The summed E-state index contributed by atoms with van der Waals surface area (Å²) in [6.07, 6.45) is 2.04. The van der Waals surface area contributed by atoms with Crippen LogP contribution in [-0.4, -0.2) is 30.2 Å². The largest absolute Gasteiger partial charge is 0.508 e. The van der Waals surface area contributed by atoms with Gasteiger partial charge in [0.25, 0.3) is 8.32 Å². The van der Waals surface area contributed by atoms with Gasteiger partial charge in [-0.1, -0.05) is 99.6 Å². The maximum atomic E-state index is 10.9. The lowest BCUT2D eigenvalue weighted by Gasteiger charge is -2.43. The summed E-state index contributed by atoms with van der Waals surface area (Å²) < 4.78 is 12.5. The van der Waals surface area contributed by atoms with Crippen LogP contribution >= 0.6 is 0 Å². The topological polar surface area (TPSA) is 83.1 Å². The van der Waals surface area contributed by atoms with Gasteiger partial charge in [0.2, 0.25) is 0 Å². The van der Waals surface area contributed by atoms with Crippen molar-refractivity contribution in [2.75, 3.05) is 6.61 Å². The summed E-state index contributed by atoms with van der Waals surface area (Å²) in [6, 6.07) is 31.0. The summed E-state index contributed by atoms with van der Waals surface area (Å²) in [5.41, 5.74) is 4.52. The van der Waals surface area contributed by atoms with E-state index in [2.05, 4.69) is 50.8 Å². The molecule has 0 bridgehead atoms. The number of phenolic OH excluding ortho intramolecular Hbond substituents is 1. The average Bonchev–Trinajstić information content (AvgIpc) is 3.49. The molecule has 1 aromatic heterocycles. The molecule has 6 heteroatoms. The minimum absolute atomic E-state index is 0.0517. The number of aromatic hydroxyl groups is 1. The lowest BCUT2D eigenvalue weighted by atomic mass is 10.0. The molecule has 0 saturated heterocycles. The number of phenols is 1. The van der Waals surface area contributed by atoms with Crippen molar-refractivity contribution < 1.29 is 24.2 Å². The molecule has 0 spiro atoms. The minimum atomic E-state index is -2.81. The number of hydrogen-bond donors (Lipinski definition) is 3. The average molecular weight is 555 g/mol. The molecule has 208 valence electrons. The lowest BCUT2D eigenvalue weighted by molar-refractivity contribution is 0.146. The van der Waals surface area contributed by atoms with Gasteiger partial charge in [-0.2, -0.15) is 0 Å². The van der Waals surface area contributed by atoms with E-state index in [1.165, 1.54) is 10.4 Å². The molecule has 40 heavy (non-hydrogen) atoms. The molecule has 0 unspecified atom stereocenters. The van der Waals surface area contributed by atoms with Crippen LogP contribution in [0.25, 0.3) is 0 Å². The number of benzene rings is 3. The van der Waals surface area contributed by atoms with Crippen LogP contribution in [0.3, 0.4) is 0 Å². The first-order valence-electron chi connectivity index (χ1n) is 13.6. The summed E-state index contributed by atoms with van der Waals surface area (Å²) in [6.45, 7) is 6.91. The molecule has 3 N–H and O–H groups in total. The van der Waals surface area contributed by atoms with Crippen LogP contribution < -0.4 is 10.4 Å². The third-order valence-corrected chi connectivity index (χ3v) is 12.1. The number of para-hydroxylation sites is 1. The Bertz CT molecular complexity index is 1360. The van der Waals surface area contributed by atoms with Gasteiger partial charge in [0.15, 0.2) is 0 Å². The Morgan fingerprint density at radius 3 is 2.00 bits per heavy atom. The van der Waals surface area contributed by atoms with E-state index in [0.717, 1.165) is 5.57 Å². The van der Waals surface area contributed by atoms with Gasteiger partial charge >= 0.3 is 0 Å². The summed E-state index contributed by atoms with van der Waals surface area (Å²) in [5.74, 6) is 0.523. The standard InChI is InChI=1S/C34H38O5Si/c1-34(2,3)40(27-15-6-4-7-16-27,28-17-8-5-9-18-28)39-25-26(24-32(37)33-22-13-23-38-33)14-12-21-31(36)29-19-10-11-20-30(29)35/h4-13,15-20,22-23,31-32,35-37H,21,24-25H2,1-3H3/t14?,31-,32-/m1/s1. The molecular weight excluding hydrogens is 516 g/mol. The Morgan fingerprint density at radius 2 is 1.45 bits per heavy atom. The Morgan fingerprint density at radius 1 is 0.850 bits per heavy atom. The normalized spacial score (nSPS) is 13.3. The number of aliphatic hydroxyl groups excluding tert-OH is 2. The Hall–Kier alpha value is -3.64. The van der Waals surface area contributed by atoms with Crippen LogP contribution in [0.5, 0.6) is 5.75 Å². The van der Waals surface area contributed by atoms with Gasteiger partial charge in [0.1, 0.15) is 17.6 Å². The van der Waals surface area contributed by atoms with Crippen molar-refractivity contribution in [1.82, 2.24) is 0 Å². The van der Waals surface area contributed by atoms with E-state index < -0.39 is 20.5 Å². The zero-order valence-electron chi connectivity index (χ0n) is 23.3. The molecule has 2 atom stereocenters. The van der Waals surface area contributed by atoms with Crippen molar-refractivity contribution in [2.45, 2.75) is 50.9 Å². The molecule has 0 aliphatic rings. The first-order valence-corrected chi connectivity index (χ1v) is 15.5. The van der Waals surface area contributed by atoms with E-state index in [9.17, 15) is 15.3 Å². The van der Waals surface area contributed by atoms with E-state index in [-0.39, 0.29) is 30.2 Å². The number of hydrogen-bond acceptors (Lipinski definition) is 5. The molecule has 0 fully saturated rings. The third kappa shape index (κ3) is 6.73. The highest BCUT2D eigenvalue weighted by atomic mass is 28.4. The van der Waals surface area contributed by atoms with Gasteiger partial charge in [-0.3, -0.25) is 0 Å². The van der Waals surface area contributed by atoms with E-state index in [1.54, 1.807) is 48.7 Å². The number of furan rings is 1. The van der Waals surface area contributed by atoms with Crippen LogP contribution in [0.1, 0.15) is 57.1 Å². The molecule has 3 aromatic carbocycles.